The lowest BCUT2D eigenvalue weighted by Gasteiger charge is -2.33. The van der Waals surface area contributed by atoms with E-state index in [9.17, 15) is 4.79 Å². The van der Waals surface area contributed by atoms with Crippen molar-refractivity contribution in [3.8, 4) is 0 Å². The van der Waals surface area contributed by atoms with Crippen LogP contribution in [0.25, 0.3) is 0 Å². The van der Waals surface area contributed by atoms with Crippen LogP contribution in [0.1, 0.15) is 6.92 Å². The number of rotatable bonds is 7. The Hall–Kier alpha value is -2.91. The van der Waals surface area contributed by atoms with Gasteiger partial charge in [-0.25, -0.2) is 4.79 Å². The molecule has 0 aromatic heterocycles. The zero-order valence-corrected chi connectivity index (χ0v) is 16.5. The maximum absolute atomic E-state index is 11.8. The van der Waals surface area contributed by atoms with Crippen LogP contribution in [0, 0.1) is 0 Å². The van der Waals surface area contributed by atoms with Crippen LogP contribution in [-0.2, 0) is 9.53 Å². The van der Waals surface area contributed by atoms with Crippen molar-refractivity contribution in [2.45, 2.75) is 13.0 Å². The Kier molecular flexibility index (Phi) is 6.39. The Bertz CT molecular complexity index is 777. The third-order valence-corrected chi connectivity index (χ3v) is 9.57. The number of allylic oxidation sites excluding steroid dienone is 1. The molecule has 0 aliphatic heterocycles. The number of ether oxygens (including phenoxy) is 1. The van der Waals surface area contributed by atoms with Crippen molar-refractivity contribution in [2.24, 2.45) is 0 Å². The first-order chi connectivity index (χ1) is 13.3. The average molecular weight is 373 g/mol. The lowest BCUT2D eigenvalue weighted by Crippen LogP contribution is -2.66. The Balaban J connectivity index is 2.15. The molecule has 0 aliphatic carbocycles. The van der Waals surface area contributed by atoms with Gasteiger partial charge in [0, 0.05) is 6.08 Å². The van der Waals surface area contributed by atoms with E-state index in [1.165, 1.54) is 15.6 Å². The first-order valence-electron chi connectivity index (χ1n) is 9.27. The molecule has 0 unspecified atom stereocenters. The van der Waals surface area contributed by atoms with Crippen molar-refractivity contribution in [3.63, 3.8) is 0 Å². The molecule has 0 amide bonds. The second-order valence-corrected chi connectivity index (χ2v) is 10.3. The minimum atomic E-state index is -2.31. The Morgan fingerprint density at radius 1 is 0.778 bits per heavy atom. The summed E-state index contributed by atoms with van der Waals surface area (Å²) in [6, 6.07) is 32.8. The van der Waals surface area contributed by atoms with Gasteiger partial charge in [0.1, 0.15) is 0 Å². The summed E-state index contributed by atoms with van der Waals surface area (Å²) >= 11 is 0. The molecule has 0 radical (unpaired) electrons. The highest BCUT2D eigenvalue weighted by atomic mass is 28.3. The zero-order valence-electron chi connectivity index (χ0n) is 15.5. The monoisotopic (exact) mass is 372 g/mol. The van der Waals surface area contributed by atoms with Gasteiger partial charge in [0.2, 0.25) is 0 Å². The van der Waals surface area contributed by atoms with Gasteiger partial charge in [0.05, 0.1) is 6.61 Å². The molecule has 3 aromatic rings. The molecule has 3 rings (SSSR count). The number of esters is 1. The first kappa shape index (κ1) is 18.9. The Morgan fingerprint density at radius 2 is 1.19 bits per heavy atom. The predicted molar refractivity (Wildman–Crippen MR) is 115 cm³/mol. The molecule has 3 aromatic carbocycles. The number of hydrogen-bond donors (Lipinski definition) is 0. The molecular weight excluding hydrogens is 348 g/mol. The van der Waals surface area contributed by atoms with Crippen molar-refractivity contribution >= 4 is 29.6 Å². The quantitative estimate of drug-likeness (QED) is 0.275. The summed E-state index contributed by atoms with van der Waals surface area (Å²) in [5.41, 5.74) is 0. The average Bonchev–Trinajstić information content (AvgIpc) is 2.73. The minimum absolute atomic E-state index is 0.283. The van der Waals surface area contributed by atoms with Crippen molar-refractivity contribution in [2.75, 3.05) is 6.61 Å². The van der Waals surface area contributed by atoms with Gasteiger partial charge in [-0.3, -0.25) is 0 Å². The minimum Gasteiger partial charge on any atom is -0.463 e. The molecule has 136 valence electrons. The highest BCUT2D eigenvalue weighted by Gasteiger charge is 2.37. The summed E-state index contributed by atoms with van der Waals surface area (Å²) in [7, 11) is -2.31. The smallest absolute Gasteiger partial charge is 0.330 e. The number of carbonyl (C=O) groups is 1. The van der Waals surface area contributed by atoms with Crippen LogP contribution in [0.5, 0.6) is 0 Å². The molecule has 0 fully saturated rings. The van der Waals surface area contributed by atoms with Crippen LogP contribution in [-0.4, -0.2) is 20.7 Å². The highest BCUT2D eigenvalue weighted by Crippen LogP contribution is 2.14. The van der Waals surface area contributed by atoms with Gasteiger partial charge in [-0.1, -0.05) is 97.1 Å². The van der Waals surface area contributed by atoms with Gasteiger partial charge in [0.25, 0.3) is 0 Å². The predicted octanol–water partition coefficient (Wildman–Crippen LogP) is 3.28. The van der Waals surface area contributed by atoms with E-state index in [-0.39, 0.29) is 5.97 Å². The third-order valence-electron chi connectivity index (χ3n) is 4.76. The summed E-state index contributed by atoms with van der Waals surface area (Å²) in [5.74, 6) is -0.283. The molecule has 3 heteroatoms. The summed E-state index contributed by atoms with van der Waals surface area (Å²) in [4.78, 5) is 11.8. The summed E-state index contributed by atoms with van der Waals surface area (Å²) in [6.07, 6.45) is 3.55. The van der Waals surface area contributed by atoms with Crippen molar-refractivity contribution in [1.82, 2.24) is 0 Å². The Morgan fingerprint density at radius 3 is 1.56 bits per heavy atom. The van der Waals surface area contributed by atoms with E-state index in [0.717, 1.165) is 6.04 Å². The molecule has 0 aliphatic rings. The van der Waals surface area contributed by atoms with Gasteiger partial charge >= 0.3 is 5.97 Å². The number of carbonyl (C=O) groups excluding carboxylic acids is 1. The molecule has 0 saturated carbocycles. The highest BCUT2D eigenvalue weighted by molar-refractivity contribution is 7.11. The fourth-order valence-corrected chi connectivity index (χ4v) is 8.01. The molecule has 0 bridgehead atoms. The molecule has 0 saturated heterocycles. The molecule has 0 atom stereocenters. The standard InChI is InChI=1S/C24H24O2Si/c1-2-26-24(25)19-12-20-27(21-13-6-3-7-14-21,22-15-8-4-9-16-22)23-17-10-5-11-18-23/h3-19H,2,20H2,1H3/b19-12+. The van der Waals surface area contributed by atoms with E-state index in [0.29, 0.717) is 6.61 Å². The van der Waals surface area contributed by atoms with Gasteiger partial charge in [-0.05, 0) is 28.5 Å². The molecule has 0 spiro atoms. The van der Waals surface area contributed by atoms with Crippen molar-refractivity contribution < 1.29 is 9.53 Å². The fraction of sp³-hybridized carbons (Fsp3) is 0.125. The second kappa shape index (κ2) is 9.15. The summed E-state index contributed by atoms with van der Waals surface area (Å²) in [5, 5.41) is 3.99. The first-order valence-corrected chi connectivity index (χ1v) is 11.5. The van der Waals surface area contributed by atoms with E-state index in [1.807, 2.05) is 31.2 Å². The number of hydrogen-bond acceptors (Lipinski definition) is 2. The third kappa shape index (κ3) is 4.26. The van der Waals surface area contributed by atoms with Crippen LogP contribution in [0.2, 0.25) is 6.04 Å². The maximum atomic E-state index is 11.8. The van der Waals surface area contributed by atoms with Crippen LogP contribution < -0.4 is 15.6 Å². The largest absolute Gasteiger partial charge is 0.463 e. The fourth-order valence-electron chi connectivity index (χ4n) is 3.54. The lowest BCUT2D eigenvalue weighted by atomic mass is 10.3. The van der Waals surface area contributed by atoms with Crippen LogP contribution in [0.3, 0.4) is 0 Å². The van der Waals surface area contributed by atoms with Gasteiger partial charge in [-0.2, -0.15) is 0 Å². The lowest BCUT2D eigenvalue weighted by molar-refractivity contribution is -0.137. The summed E-state index contributed by atoms with van der Waals surface area (Å²) < 4.78 is 5.06. The van der Waals surface area contributed by atoms with Crippen LogP contribution in [0.15, 0.2) is 103 Å². The molecule has 2 nitrogen and oxygen atoms in total. The number of benzene rings is 3. The van der Waals surface area contributed by atoms with Crippen LogP contribution >= 0.6 is 0 Å². The van der Waals surface area contributed by atoms with E-state index in [2.05, 4.69) is 72.8 Å². The van der Waals surface area contributed by atoms with Crippen molar-refractivity contribution in [1.29, 1.82) is 0 Å². The zero-order chi connectivity index (χ0) is 19.0. The topological polar surface area (TPSA) is 26.3 Å². The van der Waals surface area contributed by atoms with Gasteiger partial charge in [-0.15, -0.1) is 0 Å². The van der Waals surface area contributed by atoms with Gasteiger partial charge in [0.15, 0.2) is 8.07 Å². The van der Waals surface area contributed by atoms with Gasteiger partial charge < -0.3 is 4.74 Å². The molecular formula is C24H24O2Si. The molecule has 27 heavy (non-hydrogen) atoms. The van der Waals surface area contributed by atoms with Crippen molar-refractivity contribution in [3.05, 3.63) is 103 Å². The van der Waals surface area contributed by atoms with E-state index >= 15 is 0 Å². The van der Waals surface area contributed by atoms with E-state index < -0.39 is 8.07 Å². The molecule has 0 heterocycles. The molecule has 0 N–H and O–H groups in total. The normalized spacial score (nSPS) is 11.4. The summed E-state index contributed by atoms with van der Waals surface area (Å²) in [6.45, 7) is 2.21. The van der Waals surface area contributed by atoms with E-state index in [4.69, 9.17) is 4.74 Å². The van der Waals surface area contributed by atoms with Crippen LogP contribution in [0.4, 0.5) is 0 Å². The maximum Gasteiger partial charge on any atom is 0.330 e. The van der Waals surface area contributed by atoms with E-state index in [1.54, 1.807) is 6.08 Å². The Labute approximate surface area is 162 Å². The second-order valence-electron chi connectivity index (χ2n) is 6.36. The SMILES string of the molecule is CCOC(=O)/C=C/C[Si](c1ccccc1)(c1ccccc1)c1ccccc1.